The molecule has 0 spiro atoms. The summed E-state index contributed by atoms with van der Waals surface area (Å²) in [4.78, 5) is 0. The van der Waals surface area contributed by atoms with Gasteiger partial charge in [0.1, 0.15) is 10.4 Å². The van der Waals surface area contributed by atoms with Crippen molar-refractivity contribution in [2.45, 2.75) is 6.42 Å². The van der Waals surface area contributed by atoms with Gasteiger partial charge in [-0.3, -0.25) is 0 Å². The second kappa shape index (κ2) is 5.37. The van der Waals surface area contributed by atoms with Gasteiger partial charge < -0.3 is 10.5 Å². The van der Waals surface area contributed by atoms with Crippen LogP contribution in [0, 0.1) is 0 Å². The molecule has 1 aromatic carbocycles. The first kappa shape index (κ1) is 9.80. The number of nitrogens with two attached hydrogens (primary N) is 1. The van der Waals surface area contributed by atoms with Crippen LogP contribution in [0.25, 0.3) is 0 Å². The average molecular weight is 277 g/mol. The highest BCUT2D eigenvalue weighted by Crippen LogP contribution is 2.13. The molecule has 0 aliphatic rings. The molecular formula is C9H12INO. The van der Waals surface area contributed by atoms with Crippen LogP contribution in [0.1, 0.15) is 5.56 Å². The lowest BCUT2D eigenvalue weighted by atomic mass is 10.1. The summed E-state index contributed by atoms with van der Waals surface area (Å²) in [7, 11) is 0. The van der Waals surface area contributed by atoms with Crippen molar-refractivity contribution in [1.29, 1.82) is 0 Å². The number of hydrogen-bond donors (Lipinski definition) is 1. The van der Waals surface area contributed by atoms with Crippen molar-refractivity contribution < 1.29 is 4.74 Å². The molecule has 0 atom stereocenters. The van der Waals surface area contributed by atoms with E-state index >= 15 is 0 Å². The van der Waals surface area contributed by atoms with Gasteiger partial charge in [-0.25, -0.2) is 0 Å². The van der Waals surface area contributed by atoms with Gasteiger partial charge in [0.05, 0.1) is 0 Å². The van der Waals surface area contributed by atoms with Crippen molar-refractivity contribution in [3.63, 3.8) is 0 Å². The molecule has 1 rings (SSSR count). The number of halogens is 1. The normalized spacial score (nSPS) is 9.83. The molecule has 0 amide bonds. The van der Waals surface area contributed by atoms with Crippen molar-refractivity contribution in [3.8, 4) is 5.75 Å². The monoisotopic (exact) mass is 277 g/mol. The van der Waals surface area contributed by atoms with E-state index in [2.05, 4.69) is 28.7 Å². The van der Waals surface area contributed by atoms with Gasteiger partial charge in [-0.15, -0.1) is 0 Å². The second-order valence-electron chi connectivity index (χ2n) is 2.44. The Morgan fingerprint density at radius 2 is 2.25 bits per heavy atom. The Kier molecular flexibility index (Phi) is 4.39. The predicted molar refractivity (Wildman–Crippen MR) is 58.7 cm³/mol. The van der Waals surface area contributed by atoms with E-state index in [1.54, 1.807) is 0 Å². The standard InChI is InChI=1S/C9H12INO/c10-7-12-9-3-1-2-8(6-9)4-5-11/h1-3,6H,4-5,7,11H2. The van der Waals surface area contributed by atoms with Gasteiger partial charge in [-0.1, -0.05) is 12.1 Å². The molecule has 2 nitrogen and oxygen atoms in total. The minimum absolute atomic E-state index is 0.684. The summed E-state index contributed by atoms with van der Waals surface area (Å²) in [6.45, 7) is 0.688. The number of alkyl halides is 1. The first-order chi connectivity index (χ1) is 5.86. The van der Waals surface area contributed by atoms with E-state index in [0.29, 0.717) is 11.2 Å². The zero-order valence-corrected chi connectivity index (χ0v) is 8.95. The summed E-state index contributed by atoms with van der Waals surface area (Å²) >= 11 is 2.18. The van der Waals surface area contributed by atoms with Crippen molar-refractivity contribution in [1.82, 2.24) is 0 Å². The summed E-state index contributed by atoms with van der Waals surface area (Å²) in [6, 6.07) is 8.05. The lowest BCUT2D eigenvalue weighted by Crippen LogP contribution is -2.02. The molecule has 3 heteroatoms. The molecule has 0 radical (unpaired) electrons. The third kappa shape index (κ3) is 2.98. The molecule has 0 unspecified atom stereocenters. The van der Waals surface area contributed by atoms with Crippen LogP contribution in [0.2, 0.25) is 0 Å². The molecule has 12 heavy (non-hydrogen) atoms. The Hall–Kier alpha value is -0.290. The van der Waals surface area contributed by atoms with E-state index in [1.165, 1.54) is 5.56 Å². The number of ether oxygens (including phenoxy) is 1. The smallest absolute Gasteiger partial charge is 0.139 e. The Balaban J connectivity index is 2.67. The molecule has 1 aromatic rings. The van der Waals surface area contributed by atoms with Gasteiger partial charge in [-0.05, 0) is 53.3 Å². The molecule has 2 N–H and O–H groups in total. The van der Waals surface area contributed by atoms with Gasteiger partial charge in [0, 0.05) is 0 Å². The van der Waals surface area contributed by atoms with Gasteiger partial charge in [0.15, 0.2) is 0 Å². The second-order valence-corrected chi connectivity index (χ2v) is 3.06. The molecule has 0 aliphatic heterocycles. The van der Waals surface area contributed by atoms with Crippen LogP contribution in [-0.4, -0.2) is 11.2 Å². The van der Waals surface area contributed by atoms with Crippen molar-refractivity contribution >= 4 is 22.6 Å². The lowest BCUT2D eigenvalue weighted by Gasteiger charge is -2.03. The lowest BCUT2D eigenvalue weighted by molar-refractivity contribution is 0.404. The van der Waals surface area contributed by atoms with E-state index in [-0.39, 0.29) is 0 Å². The minimum atomic E-state index is 0.684. The maximum atomic E-state index is 5.44. The zero-order chi connectivity index (χ0) is 8.81. The Morgan fingerprint density at radius 3 is 2.92 bits per heavy atom. The van der Waals surface area contributed by atoms with Gasteiger partial charge in [-0.2, -0.15) is 0 Å². The summed E-state index contributed by atoms with van der Waals surface area (Å²) in [5.41, 5.74) is 6.68. The highest BCUT2D eigenvalue weighted by Gasteiger charge is 1.94. The van der Waals surface area contributed by atoms with Crippen molar-refractivity contribution in [2.75, 3.05) is 11.2 Å². The maximum Gasteiger partial charge on any atom is 0.139 e. The molecule has 0 aliphatic carbocycles. The van der Waals surface area contributed by atoms with Gasteiger partial charge >= 0.3 is 0 Å². The van der Waals surface area contributed by atoms with E-state index < -0.39 is 0 Å². The van der Waals surface area contributed by atoms with Gasteiger partial charge in [0.25, 0.3) is 0 Å². The molecule has 0 heterocycles. The van der Waals surface area contributed by atoms with Crippen LogP contribution in [0.3, 0.4) is 0 Å². The molecule has 0 saturated heterocycles. The van der Waals surface area contributed by atoms with Gasteiger partial charge in [0.2, 0.25) is 0 Å². The first-order valence-corrected chi connectivity index (χ1v) is 5.37. The fourth-order valence-electron chi connectivity index (χ4n) is 1.02. The average Bonchev–Trinajstić information content (AvgIpc) is 2.06. The van der Waals surface area contributed by atoms with E-state index in [4.69, 9.17) is 10.5 Å². The SMILES string of the molecule is NCCc1cccc(OCI)c1. The van der Waals surface area contributed by atoms with E-state index in [0.717, 1.165) is 12.2 Å². The number of rotatable bonds is 4. The Morgan fingerprint density at radius 1 is 1.42 bits per heavy atom. The molecule has 0 saturated carbocycles. The topological polar surface area (TPSA) is 35.2 Å². The molecule has 0 fully saturated rings. The zero-order valence-electron chi connectivity index (χ0n) is 6.79. The van der Waals surface area contributed by atoms with Crippen molar-refractivity contribution in [2.24, 2.45) is 5.73 Å². The van der Waals surface area contributed by atoms with E-state index in [9.17, 15) is 0 Å². The van der Waals surface area contributed by atoms with Crippen molar-refractivity contribution in [3.05, 3.63) is 29.8 Å². The number of benzene rings is 1. The van der Waals surface area contributed by atoms with Crippen LogP contribution < -0.4 is 10.5 Å². The molecule has 0 aromatic heterocycles. The summed E-state index contributed by atoms with van der Waals surface area (Å²) < 4.78 is 6.02. The largest absolute Gasteiger partial charge is 0.483 e. The number of hydrogen-bond acceptors (Lipinski definition) is 2. The quantitative estimate of drug-likeness (QED) is 0.674. The van der Waals surface area contributed by atoms with Crippen LogP contribution >= 0.6 is 22.6 Å². The highest BCUT2D eigenvalue weighted by atomic mass is 127. The molecule has 66 valence electrons. The van der Waals surface area contributed by atoms with Crippen LogP contribution in [0.5, 0.6) is 5.75 Å². The van der Waals surface area contributed by atoms with E-state index in [1.807, 2.05) is 18.2 Å². The maximum absolute atomic E-state index is 5.44. The summed E-state index contributed by atoms with van der Waals surface area (Å²) in [5.74, 6) is 0.926. The third-order valence-corrected chi connectivity index (χ3v) is 1.86. The fraction of sp³-hybridized carbons (Fsp3) is 0.333. The molecular weight excluding hydrogens is 265 g/mol. The fourth-order valence-corrected chi connectivity index (χ4v) is 1.38. The first-order valence-electron chi connectivity index (χ1n) is 3.84. The summed E-state index contributed by atoms with van der Waals surface area (Å²) in [6.07, 6.45) is 0.915. The third-order valence-electron chi connectivity index (χ3n) is 1.55. The minimum Gasteiger partial charge on any atom is -0.483 e. The highest BCUT2D eigenvalue weighted by molar-refractivity contribution is 14.1. The van der Waals surface area contributed by atoms with Crippen LogP contribution in [0.15, 0.2) is 24.3 Å². The van der Waals surface area contributed by atoms with Crippen LogP contribution in [0.4, 0.5) is 0 Å². The summed E-state index contributed by atoms with van der Waals surface area (Å²) in [5, 5.41) is 0. The Labute approximate surface area is 86.2 Å². The Bertz CT molecular complexity index is 218. The molecule has 0 bridgehead atoms. The van der Waals surface area contributed by atoms with Crippen LogP contribution in [-0.2, 0) is 6.42 Å². The predicted octanol–water partition coefficient (Wildman–Crippen LogP) is 1.96.